The first-order chi connectivity index (χ1) is 16.3. The van der Waals surface area contributed by atoms with Gasteiger partial charge in [0.1, 0.15) is 11.5 Å². The van der Waals surface area contributed by atoms with Crippen molar-refractivity contribution in [2.45, 2.75) is 39.5 Å². The van der Waals surface area contributed by atoms with E-state index in [1.165, 1.54) is 0 Å². The van der Waals surface area contributed by atoms with Crippen molar-refractivity contribution >= 4 is 39.4 Å². The van der Waals surface area contributed by atoms with Crippen molar-refractivity contribution in [3.05, 3.63) is 50.8 Å². The van der Waals surface area contributed by atoms with Crippen LogP contribution in [0.15, 0.2) is 34.6 Å². The maximum atomic E-state index is 13.6. The number of benzene rings is 1. The Morgan fingerprint density at radius 3 is 2.71 bits per heavy atom. The molecule has 2 atom stereocenters. The fraction of sp³-hybridized carbons (Fsp3) is 0.458. The van der Waals surface area contributed by atoms with Crippen molar-refractivity contribution in [3.8, 4) is 11.4 Å². The standard InChI is InChI=1S/C24H31ClN6O2S/c1-6-31-22(17-9-8-16(29(4)5)12-18(17)25)27-15(3)21(23(31)32)28-19-13-30(14-20(19)33-7-2)24-26-10-11-34-24/h8-12,19-20,28H,6-7,13-14H2,1-5H3. The van der Waals surface area contributed by atoms with Gasteiger partial charge in [-0.05, 0) is 39.0 Å². The van der Waals surface area contributed by atoms with Crippen LogP contribution >= 0.6 is 22.9 Å². The molecule has 0 saturated carbocycles. The smallest absolute Gasteiger partial charge is 0.277 e. The number of anilines is 3. The van der Waals surface area contributed by atoms with Gasteiger partial charge in [-0.15, -0.1) is 11.3 Å². The van der Waals surface area contributed by atoms with Crippen LogP contribution in [0.3, 0.4) is 0 Å². The molecule has 0 spiro atoms. The van der Waals surface area contributed by atoms with Crippen LogP contribution in [0.4, 0.5) is 16.5 Å². The maximum Gasteiger partial charge on any atom is 0.277 e. The zero-order valence-corrected chi connectivity index (χ0v) is 21.8. The minimum atomic E-state index is -0.110. The molecule has 1 saturated heterocycles. The normalized spacial score (nSPS) is 17.9. The number of aryl methyl sites for hydroxylation is 1. The number of halogens is 1. The summed E-state index contributed by atoms with van der Waals surface area (Å²) in [5.41, 5.74) is 2.76. The van der Waals surface area contributed by atoms with E-state index in [1.54, 1.807) is 22.1 Å². The molecule has 2 aromatic heterocycles. The van der Waals surface area contributed by atoms with E-state index >= 15 is 0 Å². The topological polar surface area (TPSA) is 75.5 Å². The zero-order valence-electron chi connectivity index (χ0n) is 20.2. The predicted octanol–water partition coefficient (Wildman–Crippen LogP) is 4.12. The van der Waals surface area contributed by atoms with E-state index in [1.807, 2.05) is 63.3 Å². The SMILES string of the molecule is CCOC1CN(c2nccs2)CC1Nc1c(C)nc(-c2ccc(N(C)C)cc2Cl)n(CC)c1=O. The molecule has 10 heteroatoms. The molecule has 0 radical (unpaired) electrons. The van der Waals surface area contributed by atoms with Gasteiger partial charge in [0.25, 0.3) is 5.56 Å². The molecule has 0 amide bonds. The summed E-state index contributed by atoms with van der Waals surface area (Å²) in [5.74, 6) is 0.572. The first-order valence-corrected chi connectivity index (χ1v) is 12.7. The highest BCUT2D eigenvalue weighted by Crippen LogP contribution is 2.31. The molecule has 4 rings (SSSR count). The summed E-state index contributed by atoms with van der Waals surface area (Å²) in [4.78, 5) is 27.1. The summed E-state index contributed by atoms with van der Waals surface area (Å²) in [6, 6.07) is 5.73. The van der Waals surface area contributed by atoms with Gasteiger partial charge in [-0.3, -0.25) is 9.36 Å². The Morgan fingerprint density at radius 1 is 1.29 bits per heavy atom. The molecule has 1 fully saturated rings. The second-order valence-corrected chi connectivity index (χ2v) is 9.75. The summed E-state index contributed by atoms with van der Waals surface area (Å²) in [5, 5.41) is 6.96. The Bertz CT molecular complexity index is 1200. The average molecular weight is 503 g/mol. The molecule has 34 heavy (non-hydrogen) atoms. The Morgan fingerprint density at radius 2 is 2.09 bits per heavy atom. The van der Waals surface area contributed by atoms with Crippen LogP contribution < -0.4 is 20.7 Å². The van der Waals surface area contributed by atoms with Crippen LogP contribution in [0.2, 0.25) is 5.02 Å². The van der Waals surface area contributed by atoms with E-state index in [-0.39, 0.29) is 17.7 Å². The first kappa shape index (κ1) is 24.5. The number of rotatable bonds is 8. The Hall–Kier alpha value is -2.62. The minimum absolute atomic E-state index is 0.0591. The van der Waals surface area contributed by atoms with E-state index in [9.17, 15) is 4.79 Å². The average Bonchev–Trinajstić information content (AvgIpc) is 3.47. The second-order valence-electron chi connectivity index (χ2n) is 8.47. The van der Waals surface area contributed by atoms with Crippen LogP contribution in [-0.2, 0) is 11.3 Å². The molecule has 0 aliphatic carbocycles. The van der Waals surface area contributed by atoms with Crippen molar-refractivity contribution < 1.29 is 4.74 Å². The highest BCUT2D eigenvalue weighted by molar-refractivity contribution is 7.13. The molecular formula is C24H31ClN6O2S. The van der Waals surface area contributed by atoms with Gasteiger partial charge < -0.3 is 19.9 Å². The molecule has 2 unspecified atom stereocenters. The quantitative estimate of drug-likeness (QED) is 0.496. The lowest BCUT2D eigenvalue weighted by atomic mass is 10.1. The van der Waals surface area contributed by atoms with Gasteiger partial charge in [0.05, 0.1) is 22.9 Å². The lowest BCUT2D eigenvalue weighted by Gasteiger charge is -2.23. The molecule has 0 bridgehead atoms. The van der Waals surface area contributed by atoms with Gasteiger partial charge in [0, 0.05) is 63.2 Å². The third kappa shape index (κ3) is 4.78. The third-order valence-electron chi connectivity index (χ3n) is 6.04. The molecule has 1 N–H and O–H groups in total. The fourth-order valence-corrected chi connectivity index (χ4v) is 5.22. The maximum absolute atomic E-state index is 13.6. The van der Waals surface area contributed by atoms with Gasteiger partial charge in [-0.1, -0.05) is 11.6 Å². The molecule has 1 aliphatic rings. The predicted molar refractivity (Wildman–Crippen MR) is 141 cm³/mol. The van der Waals surface area contributed by atoms with E-state index < -0.39 is 0 Å². The largest absolute Gasteiger partial charge is 0.378 e. The summed E-state index contributed by atoms with van der Waals surface area (Å²) in [7, 11) is 3.93. The van der Waals surface area contributed by atoms with Crippen molar-refractivity contribution in [1.29, 1.82) is 0 Å². The number of aromatic nitrogens is 3. The van der Waals surface area contributed by atoms with E-state index in [0.717, 1.165) is 22.9 Å². The second kappa shape index (κ2) is 10.3. The molecule has 3 heterocycles. The van der Waals surface area contributed by atoms with Crippen LogP contribution in [-0.4, -0.2) is 60.5 Å². The summed E-state index contributed by atoms with van der Waals surface area (Å²) in [6.45, 7) is 8.29. The third-order valence-corrected chi connectivity index (χ3v) is 7.19. The van der Waals surface area contributed by atoms with Crippen molar-refractivity contribution in [2.75, 3.05) is 48.9 Å². The number of nitrogens with one attached hydrogen (secondary N) is 1. The van der Waals surface area contributed by atoms with Crippen molar-refractivity contribution in [2.24, 2.45) is 0 Å². The minimum Gasteiger partial charge on any atom is -0.378 e. The highest BCUT2D eigenvalue weighted by atomic mass is 35.5. The van der Waals surface area contributed by atoms with E-state index in [4.69, 9.17) is 21.3 Å². The monoisotopic (exact) mass is 502 g/mol. The molecule has 8 nitrogen and oxygen atoms in total. The van der Waals surface area contributed by atoms with E-state index in [0.29, 0.717) is 41.9 Å². The van der Waals surface area contributed by atoms with Gasteiger partial charge in [-0.25, -0.2) is 9.97 Å². The number of nitrogens with zero attached hydrogens (tertiary/aromatic N) is 5. The van der Waals surface area contributed by atoms with Gasteiger partial charge in [0.15, 0.2) is 5.13 Å². The fourth-order valence-electron chi connectivity index (χ4n) is 4.30. The lowest BCUT2D eigenvalue weighted by molar-refractivity contribution is 0.0720. The zero-order chi connectivity index (χ0) is 24.4. The van der Waals surface area contributed by atoms with E-state index in [2.05, 4.69) is 15.2 Å². The first-order valence-electron chi connectivity index (χ1n) is 11.4. The number of hydrogen-bond acceptors (Lipinski definition) is 8. The van der Waals surface area contributed by atoms with Gasteiger partial charge >= 0.3 is 0 Å². The summed E-state index contributed by atoms with van der Waals surface area (Å²) in [6.07, 6.45) is 1.75. The van der Waals surface area contributed by atoms with Crippen molar-refractivity contribution in [1.82, 2.24) is 14.5 Å². The molecule has 1 aromatic carbocycles. The molecule has 3 aromatic rings. The van der Waals surface area contributed by atoms with Crippen molar-refractivity contribution in [3.63, 3.8) is 0 Å². The van der Waals surface area contributed by atoms with Crippen LogP contribution in [0, 0.1) is 6.92 Å². The van der Waals surface area contributed by atoms with Crippen LogP contribution in [0.5, 0.6) is 0 Å². The van der Waals surface area contributed by atoms with Crippen LogP contribution in [0.1, 0.15) is 19.5 Å². The van der Waals surface area contributed by atoms with Gasteiger partial charge in [-0.2, -0.15) is 0 Å². The molecular weight excluding hydrogens is 472 g/mol. The molecule has 182 valence electrons. The Balaban J connectivity index is 1.68. The number of ether oxygens (including phenoxy) is 1. The molecule has 1 aliphatic heterocycles. The number of thiazole rings is 1. The Kier molecular flexibility index (Phi) is 7.45. The van der Waals surface area contributed by atoms with Gasteiger partial charge in [0.2, 0.25) is 0 Å². The highest BCUT2D eigenvalue weighted by Gasteiger charge is 2.35. The summed E-state index contributed by atoms with van der Waals surface area (Å²) >= 11 is 8.22. The summed E-state index contributed by atoms with van der Waals surface area (Å²) < 4.78 is 7.69. The van der Waals surface area contributed by atoms with Crippen LogP contribution in [0.25, 0.3) is 11.4 Å². The number of hydrogen-bond donors (Lipinski definition) is 1. The Labute approximate surface area is 209 Å². The lowest BCUT2D eigenvalue weighted by Crippen LogP contribution is -2.38.